The fraction of sp³-hybridized carbons (Fsp3) is 0.435. The number of pyridine rings is 1. The van der Waals surface area contributed by atoms with Gasteiger partial charge in [0.1, 0.15) is 5.65 Å². The molecule has 0 bridgehead atoms. The highest BCUT2D eigenvalue weighted by Crippen LogP contribution is 2.36. The molecule has 0 saturated carbocycles. The topological polar surface area (TPSA) is 21.1 Å². The molecule has 3 nitrogen and oxygen atoms in total. The lowest BCUT2D eigenvalue weighted by atomic mass is 9.98. The summed E-state index contributed by atoms with van der Waals surface area (Å²) < 4.78 is 2.26. The number of anilines is 1. The summed E-state index contributed by atoms with van der Waals surface area (Å²) in [7, 11) is 0. The van der Waals surface area contributed by atoms with Crippen LogP contribution in [0.15, 0.2) is 24.4 Å². The quantitative estimate of drug-likeness (QED) is 0.530. The van der Waals surface area contributed by atoms with Crippen LogP contribution in [0.25, 0.3) is 16.7 Å². The van der Waals surface area contributed by atoms with Crippen molar-refractivity contribution in [3.05, 3.63) is 51.8 Å². The number of benzene rings is 1. The van der Waals surface area contributed by atoms with Gasteiger partial charge in [-0.05, 0) is 81.3 Å². The van der Waals surface area contributed by atoms with Crippen molar-refractivity contribution in [2.45, 2.75) is 47.5 Å². The van der Waals surface area contributed by atoms with Gasteiger partial charge in [-0.25, -0.2) is 4.98 Å². The van der Waals surface area contributed by atoms with Crippen molar-refractivity contribution < 1.29 is 0 Å². The summed E-state index contributed by atoms with van der Waals surface area (Å²) >= 11 is 6.27. The smallest absolute Gasteiger partial charge is 0.147 e. The van der Waals surface area contributed by atoms with Crippen LogP contribution in [0.5, 0.6) is 0 Å². The molecule has 0 spiro atoms. The van der Waals surface area contributed by atoms with Gasteiger partial charge in [0.25, 0.3) is 0 Å². The number of aromatic nitrogens is 2. The Balaban J connectivity index is 1.93. The molecule has 1 saturated heterocycles. The minimum atomic E-state index is 0.786. The number of halogens is 1. The van der Waals surface area contributed by atoms with E-state index in [1.807, 2.05) is 12.1 Å². The first-order valence-electron chi connectivity index (χ1n) is 9.86. The maximum Gasteiger partial charge on any atom is 0.147 e. The van der Waals surface area contributed by atoms with Crippen LogP contribution < -0.4 is 4.90 Å². The van der Waals surface area contributed by atoms with Crippen molar-refractivity contribution in [2.75, 3.05) is 18.0 Å². The second-order valence-electron chi connectivity index (χ2n) is 8.22. The predicted octanol–water partition coefficient (Wildman–Crippen LogP) is 6.15. The second-order valence-corrected chi connectivity index (χ2v) is 8.66. The first-order chi connectivity index (χ1) is 12.8. The number of nitrogens with zero attached hydrogens (tertiary/aromatic N) is 3. The molecular formula is C23H28ClN3. The molecule has 142 valence electrons. The molecule has 0 N–H and O–H groups in total. The van der Waals surface area contributed by atoms with E-state index >= 15 is 0 Å². The zero-order valence-corrected chi connectivity index (χ0v) is 17.7. The Morgan fingerprint density at radius 1 is 0.963 bits per heavy atom. The number of piperidine rings is 1. The Bertz CT molecular complexity index is 987. The average molecular weight is 382 g/mol. The van der Waals surface area contributed by atoms with Crippen LogP contribution in [0.3, 0.4) is 0 Å². The molecule has 4 heteroatoms. The number of rotatable bonds is 2. The van der Waals surface area contributed by atoms with Gasteiger partial charge in [-0.3, -0.25) is 0 Å². The van der Waals surface area contributed by atoms with Crippen LogP contribution in [-0.4, -0.2) is 22.6 Å². The Hall–Kier alpha value is -2.00. The highest BCUT2D eigenvalue weighted by Gasteiger charge is 2.22. The summed E-state index contributed by atoms with van der Waals surface area (Å²) in [5, 5.41) is 2.07. The SMILES string of the molecule is Cc1cc(N2CCC(C)CC2)c2c(C)cn(-c3c(C)cc(Cl)cc3C)c2n1. The van der Waals surface area contributed by atoms with Crippen molar-refractivity contribution in [3.8, 4) is 5.69 Å². The molecule has 1 aliphatic heterocycles. The van der Waals surface area contributed by atoms with E-state index < -0.39 is 0 Å². The summed E-state index contributed by atoms with van der Waals surface area (Å²) in [6.07, 6.45) is 4.76. The highest BCUT2D eigenvalue weighted by atomic mass is 35.5. The van der Waals surface area contributed by atoms with Crippen LogP contribution in [-0.2, 0) is 0 Å². The van der Waals surface area contributed by atoms with Crippen LogP contribution >= 0.6 is 11.6 Å². The molecule has 3 aromatic rings. The maximum atomic E-state index is 6.27. The summed E-state index contributed by atoms with van der Waals surface area (Å²) in [4.78, 5) is 7.50. The van der Waals surface area contributed by atoms with Gasteiger partial charge < -0.3 is 9.47 Å². The number of fused-ring (bicyclic) bond motifs is 1. The first-order valence-corrected chi connectivity index (χ1v) is 10.2. The highest BCUT2D eigenvalue weighted by molar-refractivity contribution is 6.30. The maximum absolute atomic E-state index is 6.27. The Morgan fingerprint density at radius 2 is 1.59 bits per heavy atom. The molecule has 1 aliphatic rings. The normalized spacial score (nSPS) is 15.7. The first kappa shape index (κ1) is 18.4. The minimum absolute atomic E-state index is 0.786. The van der Waals surface area contributed by atoms with E-state index in [-0.39, 0.29) is 0 Å². The third-order valence-electron chi connectivity index (χ3n) is 5.87. The van der Waals surface area contributed by atoms with Crippen molar-refractivity contribution in [2.24, 2.45) is 5.92 Å². The van der Waals surface area contributed by atoms with Gasteiger partial charge in [-0.2, -0.15) is 0 Å². The summed E-state index contributed by atoms with van der Waals surface area (Å²) in [6.45, 7) is 13.2. The summed E-state index contributed by atoms with van der Waals surface area (Å²) in [5.74, 6) is 0.824. The Kier molecular flexibility index (Phi) is 4.67. The van der Waals surface area contributed by atoms with Crippen LogP contribution in [0.1, 0.15) is 42.1 Å². The molecule has 3 heterocycles. The van der Waals surface area contributed by atoms with Gasteiger partial charge in [-0.15, -0.1) is 0 Å². The van der Waals surface area contributed by atoms with Crippen LogP contribution in [0, 0.1) is 33.6 Å². The molecule has 0 aliphatic carbocycles. The van der Waals surface area contributed by atoms with Crippen molar-refractivity contribution in [1.82, 2.24) is 9.55 Å². The Morgan fingerprint density at radius 3 is 2.22 bits per heavy atom. The predicted molar refractivity (Wildman–Crippen MR) is 116 cm³/mol. The van der Waals surface area contributed by atoms with Gasteiger partial charge in [0.15, 0.2) is 0 Å². The molecule has 0 amide bonds. The van der Waals surface area contributed by atoms with Gasteiger partial charge in [0.05, 0.1) is 5.69 Å². The monoisotopic (exact) mass is 381 g/mol. The number of hydrogen-bond acceptors (Lipinski definition) is 2. The van der Waals surface area contributed by atoms with E-state index in [9.17, 15) is 0 Å². The van der Waals surface area contributed by atoms with Gasteiger partial charge >= 0.3 is 0 Å². The van der Waals surface area contributed by atoms with Crippen LogP contribution in [0.4, 0.5) is 5.69 Å². The van der Waals surface area contributed by atoms with E-state index in [0.717, 1.165) is 35.4 Å². The zero-order valence-electron chi connectivity index (χ0n) is 16.9. The molecule has 2 aromatic heterocycles. The van der Waals surface area contributed by atoms with Crippen molar-refractivity contribution in [3.63, 3.8) is 0 Å². The fourth-order valence-electron chi connectivity index (χ4n) is 4.46. The van der Waals surface area contributed by atoms with Crippen molar-refractivity contribution in [1.29, 1.82) is 0 Å². The lowest BCUT2D eigenvalue weighted by Gasteiger charge is -2.33. The van der Waals surface area contributed by atoms with E-state index in [2.05, 4.69) is 56.3 Å². The summed E-state index contributed by atoms with van der Waals surface area (Å²) in [6, 6.07) is 6.33. The van der Waals surface area contributed by atoms with Crippen molar-refractivity contribution >= 4 is 28.3 Å². The van der Waals surface area contributed by atoms with E-state index in [1.54, 1.807) is 0 Å². The molecule has 1 aromatic carbocycles. The molecule has 27 heavy (non-hydrogen) atoms. The number of aryl methyl sites for hydroxylation is 4. The molecule has 1 fully saturated rings. The standard InChI is InChI=1S/C23H28ClN3/c1-14-6-8-26(9-7-14)20-12-18(5)25-23-21(20)17(4)13-27(23)22-15(2)10-19(24)11-16(22)3/h10-14H,6-9H2,1-5H3. The third-order valence-corrected chi connectivity index (χ3v) is 6.09. The molecule has 0 unspecified atom stereocenters. The van der Waals surface area contributed by atoms with Gasteiger partial charge in [-0.1, -0.05) is 18.5 Å². The number of hydrogen-bond donors (Lipinski definition) is 0. The zero-order chi connectivity index (χ0) is 19.3. The summed E-state index contributed by atoms with van der Waals surface area (Å²) in [5.41, 5.74) is 8.27. The van der Waals surface area contributed by atoms with E-state index in [4.69, 9.17) is 16.6 Å². The van der Waals surface area contributed by atoms with Crippen LogP contribution in [0.2, 0.25) is 5.02 Å². The second kappa shape index (κ2) is 6.87. The lowest BCUT2D eigenvalue weighted by Crippen LogP contribution is -2.33. The van der Waals surface area contributed by atoms with Gasteiger partial charge in [0, 0.05) is 41.1 Å². The molecule has 0 atom stereocenters. The van der Waals surface area contributed by atoms with E-state index in [1.165, 1.54) is 46.3 Å². The minimum Gasteiger partial charge on any atom is -0.371 e. The lowest BCUT2D eigenvalue weighted by molar-refractivity contribution is 0.439. The van der Waals surface area contributed by atoms with Gasteiger partial charge in [0.2, 0.25) is 0 Å². The molecule has 4 rings (SSSR count). The largest absolute Gasteiger partial charge is 0.371 e. The molecular weight excluding hydrogens is 354 g/mol. The third kappa shape index (κ3) is 3.23. The molecule has 0 radical (unpaired) electrons. The fourth-order valence-corrected chi connectivity index (χ4v) is 4.79. The average Bonchev–Trinajstić information content (AvgIpc) is 2.90. The Labute approximate surface area is 167 Å². The van der Waals surface area contributed by atoms with E-state index in [0.29, 0.717) is 0 Å².